The van der Waals surface area contributed by atoms with Gasteiger partial charge in [0.1, 0.15) is 0 Å². The van der Waals surface area contributed by atoms with Crippen LogP contribution in [-0.4, -0.2) is 23.5 Å². The fourth-order valence-corrected chi connectivity index (χ4v) is 4.50. The highest BCUT2D eigenvalue weighted by molar-refractivity contribution is 8.13. The highest BCUT2D eigenvalue weighted by Crippen LogP contribution is 2.50. The summed E-state index contributed by atoms with van der Waals surface area (Å²) in [4.78, 5) is 4.86. The molecule has 2 nitrogen and oxygen atoms in total. The first-order valence-corrected chi connectivity index (χ1v) is 8.24. The maximum absolute atomic E-state index is 4.86. The summed E-state index contributed by atoms with van der Waals surface area (Å²) < 4.78 is 0. The van der Waals surface area contributed by atoms with Gasteiger partial charge < -0.3 is 5.32 Å². The van der Waals surface area contributed by atoms with Crippen molar-refractivity contribution in [1.82, 2.24) is 5.32 Å². The Morgan fingerprint density at radius 2 is 2.29 bits per heavy atom. The van der Waals surface area contributed by atoms with Crippen molar-refractivity contribution < 1.29 is 0 Å². The van der Waals surface area contributed by atoms with Gasteiger partial charge >= 0.3 is 0 Å². The number of nitrogens with zero attached hydrogens (tertiary/aromatic N) is 1. The van der Waals surface area contributed by atoms with E-state index >= 15 is 0 Å². The molecule has 0 aromatic heterocycles. The quantitative estimate of drug-likeness (QED) is 0.829. The van der Waals surface area contributed by atoms with Crippen molar-refractivity contribution in [3.8, 4) is 0 Å². The van der Waals surface area contributed by atoms with Crippen LogP contribution in [0, 0.1) is 11.3 Å². The zero-order valence-electron chi connectivity index (χ0n) is 10.9. The minimum atomic E-state index is 0.608. The molecule has 0 spiro atoms. The van der Waals surface area contributed by atoms with Gasteiger partial charge in [-0.1, -0.05) is 31.5 Å². The molecule has 0 aromatic carbocycles. The second-order valence-corrected chi connectivity index (χ2v) is 7.13. The fraction of sp³-hybridized carbons (Fsp3) is 0.929. The van der Waals surface area contributed by atoms with Crippen molar-refractivity contribution in [2.75, 3.05) is 12.3 Å². The van der Waals surface area contributed by atoms with Crippen LogP contribution in [0.4, 0.5) is 0 Å². The summed E-state index contributed by atoms with van der Waals surface area (Å²) >= 11 is 1.97. The Balaban J connectivity index is 1.54. The molecular weight excluding hydrogens is 228 g/mol. The van der Waals surface area contributed by atoms with Crippen LogP contribution in [0.15, 0.2) is 4.99 Å². The largest absolute Gasteiger partial charge is 0.362 e. The number of hydrogen-bond donors (Lipinski definition) is 1. The lowest BCUT2D eigenvalue weighted by atomic mass is 10.0. The van der Waals surface area contributed by atoms with Gasteiger partial charge in [0.2, 0.25) is 0 Å². The summed E-state index contributed by atoms with van der Waals surface area (Å²) in [5.74, 6) is 2.22. The standard InChI is InChI=1S/C14H24N2S/c1-2-6-14(7-8-14)10-15-13-16-12-5-3-4-11(12)9-17-13/h11-12H,2-10H2,1H3,(H,15,16). The Bertz CT molecular complexity index is 309. The SMILES string of the molecule is CCCC1(CN=C2NC3CCCC3CS2)CC1. The van der Waals surface area contributed by atoms with Gasteiger partial charge in [0.25, 0.3) is 0 Å². The predicted octanol–water partition coefficient (Wildman–Crippen LogP) is 3.43. The van der Waals surface area contributed by atoms with E-state index in [4.69, 9.17) is 4.99 Å². The van der Waals surface area contributed by atoms with Gasteiger partial charge in [-0.05, 0) is 43.4 Å². The fourth-order valence-electron chi connectivity index (χ4n) is 3.34. The molecule has 3 rings (SSSR count). The summed E-state index contributed by atoms with van der Waals surface area (Å²) in [5.41, 5.74) is 0.608. The Kier molecular flexibility index (Phi) is 3.38. The maximum atomic E-state index is 4.86. The number of thioether (sulfide) groups is 1. The molecule has 2 saturated carbocycles. The third-order valence-corrected chi connectivity index (χ3v) is 5.81. The van der Waals surface area contributed by atoms with Gasteiger partial charge in [-0.3, -0.25) is 4.99 Å². The second kappa shape index (κ2) is 4.83. The van der Waals surface area contributed by atoms with E-state index in [0.717, 1.165) is 18.5 Å². The summed E-state index contributed by atoms with van der Waals surface area (Å²) in [6.45, 7) is 3.37. The van der Waals surface area contributed by atoms with E-state index < -0.39 is 0 Å². The first-order valence-electron chi connectivity index (χ1n) is 7.25. The van der Waals surface area contributed by atoms with Gasteiger partial charge in [-0.25, -0.2) is 0 Å². The minimum Gasteiger partial charge on any atom is -0.362 e. The monoisotopic (exact) mass is 252 g/mol. The van der Waals surface area contributed by atoms with Crippen LogP contribution in [0.25, 0.3) is 0 Å². The lowest BCUT2D eigenvalue weighted by Crippen LogP contribution is -2.41. The third-order valence-electron chi connectivity index (χ3n) is 4.70. The van der Waals surface area contributed by atoms with Gasteiger partial charge in [0.15, 0.2) is 5.17 Å². The van der Waals surface area contributed by atoms with E-state index in [1.54, 1.807) is 0 Å². The number of amidine groups is 1. The van der Waals surface area contributed by atoms with Crippen LogP contribution in [0.1, 0.15) is 51.9 Å². The van der Waals surface area contributed by atoms with Crippen molar-refractivity contribution in [1.29, 1.82) is 0 Å². The second-order valence-electron chi connectivity index (χ2n) is 6.12. The molecule has 2 atom stereocenters. The van der Waals surface area contributed by atoms with Crippen molar-refractivity contribution in [2.45, 2.75) is 57.9 Å². The topological polar surface area (TPSA) is 24.4 Å². The zero-order chi connectivity index (χ0) is 11.7. The molecule has 0 radical (unpaired) electrons. The highest BCUT2D eigenvalue weighted by atomic mass is 32.2. The Morgan fingerprint density at radius 3 is 3.06 bits per heavy atom. The smallest absolute Gasteiger partial charge is 0.156 e. The van der Waals surface area contributed by atoms with Crippen LogP contribution in [0.2, 0.25) is 0 Å². The number of nitrogens with one attached hydrogen (secondary N) is 1. The number of aliphatic imine (C=N–C) groups is 1. The average Bonchev–Trinajstić information content (AvgIpc) is 2.95. The molecule has 1 saturated heterocycles. The van der Waals surface area contributed by atoms with Crippen LogP contribution >= 0.6 is 11.8 Å². The van der Waals surface area contributed by atoms with E-state index in [1.807, 2.05) is 11.8 Å². The zero-order valence-corrected chi connectivity index (χ0v) is 11.7. The summed E-state index contributed by atoms with van der Waals surface area (Å²) in [6.07, 6.45) is 9.72. The van der Waals surface area contributed by atoms with E-state index in [1.165, 1.54) is 55.9 Å². The normalized spacial score (nSPS) is 36.6. The third kappa shape index (κ3) is 2.64. The first-order chi connectivity index (χ1) is 8.31. The van der Waals surface area contributed by atoms with Crippen LogP contribution in [0.5, 0.6) is 0 Å². The maximum Gasteiger partial charge on any atom is 0.156 e. The minimum absolute atomic E-state index is 0.608. The Morgan fingerprint density at radius 1 is 1.41 bits per heavy atom. The molecule has 17 heavy (non-hydrogen) atoms. The lowest BCUT2D eigenvalue weighted by Gasteiger charge is -2.28. The summed E-state index contributed by atoms with van der Waals surface area (Å²) in [7, 11) is 0. The molecule has 0 bridgehead atoms. The molecule has 1 aliphatic heterocycles. The summed E-state index contributed by atoms with van der Waals surface area (Å²) in [6, 6.07) is 0.747. The summed E-state index contributed by atoms with van der Waals surface area (Å²) in [5, 5.41) is 4.92. The molecule has 1 N–H and O–H groups in total. The van der Waals surface area contributed by atoms with E-state index in [0.29, 0.717) is 5.41 Å². The highest BCUT2D eigenvalue weighted by Gasteiger charge is 2.41. The van der Waals surface area contributed by atoms with Gasteiger partial charge in [-0.2, -0.15) is 0 Å². The van der Waals surface area contributed by atoms with Gasteiger partial charge in [0.05, 0.1) is 0 Å². The van der Waals surface area contributed by atoms with Gasteiger partial charge in [-0.15, -0.1) is 0 Å². The molecule has 1 heterocycles. The van der Waals surface area contributed by atoms with Crippen molar-refractivity contribution in [3.05, 3.63) is 0 Å². The van der Waals surface area contributed by atoms with Crippen LogP contribution in [-0.2, 0) is 0 Å². The molecule has 0 aromatic rings. The van der Waals surface area contributed by atoms with Crippen LogP contribution in [0.3, 0.4) is 0 Å². The van der Waals surface area contributed by atoms with E-state index in [2.05, 4.69) is 12.2 Å². The lowest BCUT2D eigenvalue weighted by molar-refractivity contribution is 0.466. The molecule has 3 aliphatic rings. The Labute approximate surface area is 109 Å². The molecular formula is C14H24N2S. The molecule has 2 aliphatic carbocycles. The molecule has 0 amide bonds. The van der Waals surface area contributed by atoms with E-state index in [-0.39, 0.29) is 0 Å². The van der Waals surface area contributed by atoms with Crippen molar-refractivity contribution in [2.24, 2.45) is 16.3 Å². The number of rotatable bonds is 4. The average molecular weight is 252 g/mol. The molecule has 96 valence electrons. The van der Waals surface area contributed by atoms with E-state index in [9.17, 15) is 0 Å². The number of hydrogen-bond acceptors (Lipinski definition) is 2. The predicted molar refractivity (Wildman–Crippen MR) is 75.6 cm³/mol. The molecule has 3 heteroatoms. The number of fused-ring (bicyclic) bond motifs is 1. The molecule has 2 unspecified atom stereocenters. The van der Waals surface area contributed by atoms with Crippen molar-refractivity contribution in [3.63, 3.8) is 0 Å². The van der Waals surface area contributed by atoms with Gasteiger partial charge in [0, 0.05) is 18.3 Å². The van der Waals surface area contributed by atoms with Crippen molar-refractivity contribution >= 4 is 16.9 Å². The Hall–Kier alpha value is -0.180. The van der Waals surface area contributed by atoms with Crippen LogP contribution < -0.4 is 5.32 Å². The molecule has 3 fully saturated rings. The first kappa shape index (κ1) is 11.9.